The van der Waals surface area contributed by atoms with Crippen molar-refractivity contribution in [3.63, 3.8) is 0 Å². The van der Waals surface area contributed by atoms with Crippen LogP contribution in [0, 0.1) is 0 Å². The van der Waals surface area contributed by atoms with E-state index in [0.717, 1.165) is 28.2 Å². The van der Waals surface area contributed by atoms with Gasteiger partial charge in [-0.3, -0.25) is 9.59 Å². The number of carbonyl (C=O) groups excluding carboxylic acids is 2. The molecule has 1 heterocycles. The molecule has 2 rings (SSSR count). The number of amides is 2. The van der Waals surface area contributed by atoms with Gasteiger partial charge >= 0.3 is 0 Å². The van der Waals surface area contributed by atoms with E-state index in [1.165, 1.54) is 6.92 Å². The zero-order valence-corrected chi connectivity index (χ0v) is 15.9. The first kappa shape index (κ1) is 18.5. The highest BCUT2D eigenvalue weighted by Gasteiger charge is 2.23. The first-order chi connectivity index (χ1) is 11.4. The largest absolute Gasteiger partial charge is 0.493 e. The number of nitrogens with one attached hydrogen (secondary N) is 1. The Hall–Kier alpha value is -1.80. The van der Waals surface area contributed by atoms with Gasteiger partial charge < -0.3 is 14.8 Å². The van der Waals surface area contributed by atoms with E-state index in [-0.39, 0.29) is 17.0 Å². The lowest BCUT2D eigenvalue weighted by Gasteiger charge is -2.13. The van der Waals surface area contributed by atoms with Gasteiger partial charge in [0.1, 0.15) is 0 Å². The topological polar surface area (TPSA) is 77.0 Å². The minimum atomic E-state index is -0.384. The van der Waals surface area contributed by atoms with Crippen LogP contribution in [-0.4, -0.2) is 30.7 Å². The molecule has 1 aromatic carbocycles. The minimum absolute atomic E-state index is 0.267. The molecule has 0 atom stereocenters. The number of nitrogens with zero attached hydrogens (tertiary/aromatic N) is 1. The predicted molar refractivity (Wildman–Crippen MR) is 98.3 cm³/mol. The van der Waals surface area contributed by atoms with E-state index >= 15 is 0 Å². The second-order valence-corrected chi connectivity index (χ2v) is 6.78. The molecule has 0 radical (unpaired) electrons. The quantitative estimate of drug-likeness (QED) is 0.750. The number of rotatable bonds is 5. The lowest BCUT2D eigenvalue weighted by molar-refractivity contribution is -0.117. The van der Waals surface area contributed by atoms with Gasteiger partial charge in [0.15, 0.2) is 16.7 Å². The summed E-state index contributed by atoms with van der Waals surface area (Å²) in [7, 11) is 1.56. The Morgan fingerprint density at radius 3 is 2.83 bits per heavy atom. The highest BCUT2D eigenvalue weighted by Crippen LogP contribution is 2.38. The molecule has 1 N–H and O–H groups in total. The van der Waals surface area contributed by atoms with Gasteiger partial charge in [-0.25, -0.2) is 0 Å². The highest BCUT2D eigenvalue weighted by atomic mass is 79.9. The molecule has 0 bridgehead atoms. The first-order valence-corrected chi connectivity index (χ1v) is 8.86. The molecule has 128 valence electrons. The van der Waals surface area contributed by atoms with Gasteiger partial charge in [0, 0.05) is 6.92 Å². The van der Waals surface area contributed by atoms with Gasteiger partial charge in [-0.2, -0.15) is 4.99 Å². The highest BCUT2D eigenvalue weighted by molar-refractivity contribution is 9.10. The Labute approximate surface area is 152 Å². The number of thioether (sulfide) groups is 1. The summed E-state index contributed by atoms with van der Waals surface area (Å²) in [4.78, 5) is 27.2. The average Bonchev–Trinajstić information content (AvgIpc) is 2.84. The van der Waals surface area contributed by atoms with Crippen molar-refractivity contribution in [3.05, 3.63) is 27.1 Å². The summed E-state index contributed by atoms with van der Waals surface area (Å²) >= 11 is 4.59. The average molecular weight is 413 g/mol. The molecule has 8 heteroatoms. The summed E-state index contributed by atoms with van der Waals surface area (Å²) in [5, 5.41) is 2.80. The standard InChI is InChI=1S/C16H17BrN2O4S/c1-4-5-23-14-11(17)6-10(7-12(14)22-3)8-13-15(21)19-16(24-13)18-9(2)20/h6-8H,4-5H2,1-3H3,(H,18,19,20,21)/b13-8-. The molecule has 0 saturated carbocycles. The lowest BCUT2D eigenvalue weighted by atomic mass is 10.2. The Balaban J connectivity index is 2.26. The number of benzene rings is 1. The molecule has 0 unspecified atom stereocenters. The van der Waals surface area contributed by atoms with Crippen LogP contribution in [0.25, 0.3) is 6.08 Å². The molecule has 6 nitrogen and oxygen atoms in total. The van der Waals surface area contributed by atoms with Crippen LogP contribution < -0.4 is 14.8 Å². The zero-order chi connectivity index (χ0) is 17.7. The SMILES string of the molecule is CCCOc1c(Br)cc(/C=C2\SC(NC(C)=O)=NC2=O)cc1OC. The molecular formula is C16H17BrN2O4S. The fourth-order valence-corrected chi connectivity index (χ4v) is 3.37. The molecule has 1 aliphatic rings. The molecule has 0 aliphatic carbocycles. The number of hydrogen-bond donors (Lipinski definition) is 1. The van der Waals surface area contributed by atoms with Crippen molar-refractivity contribution < 1.29 is 19.1 Å². The molecule has 0 aromatic heterocycles. The van der Waals surface area contributed by atoms with Crippen molar-refractivity contribution in [1.82, 2.24) is 5.32 Å². The third-order valence-corrected chi connectivity index (χ3v) is 4.39. The Morgan fingerprint density at radius 2 is 2.21 bits per heavy atom. The van der Waals surface area contributed by atoms with Crippen LogP contribution in [0.5, 0.6) is 11.5 Å². The Bertz CT molecular complexity index is 731. The number of hydrogen-bond acceptors (Lipinski definition) is 5. The molecule has 1 aromatic rings. The third-order valence-electron chi connectivity index (χ3n) is 2.90. The maximum atomic E-state index is 11.9. The molecular weight excluding hydrogens is 396 g/mol. The number of methoxy groups -OCH3 is 1. The number of halogens is 1. The normalized spacial score (nSPS) is 15.4. The number of carbonyl (C=O) groups is 2. The predicted octanol–water partition coefficient (Wildman–Crippen LogP) is 3.35. The van der Waals surface area contributed by atoms with Crippen LogP contribution in [-0.2, 0) is 9.59 Å². The van der Waals surface area contributed by atoms with E-state index in [4.69, 9.17) is 9.47 Å². The Morgan fingerprint density at radius 1 is 1.46 bits per heavy atom. The van der Waals surface area contributed by atoms with E-state index in [2.05, 4.69) is 26.2 Å². The van der Waals surface area contributed by atoms with Crippen molar-refractivity contribution in [2.24, 2.45) is 4.99 Å². The van der Waals surface area contributed by atoms with Gasteiger partial charge in [-0.1, -0.05) is 6.92 Å². The summed E-state index contributed by atoms with van der Waals surface area (Å²) < 4.78 is 11.8. The maximum Gasteiger partial charge on any atom is 0.286 e. The van der Waals surface area contributed by atoms with Crippen LogP contribution >= 0.6 is 27.7 Å². The number of aliphatic imine (C=N–C) groups is 1. The van der Waals surface area contributed by atoms with Crippen molar-refractivity contribution in [3.8, 4) is 11.5 Å². The van der Waals surface area contributed by atoms with E-state index in [9.17, 15) is 9.59 Å². The fourth-order valence-electron chi connectivity index (χ4n) is 1.93. The third kappa shape index (κ3) is 4.61. The molecule has 0 fully saturated rings. The summed E-state index contributed by atoms with van der Waals surface area (Å²) in [6.45, 7) is 3.97. The van der Waals surface area contributed by atoms with Crippen LogP contribution in [0.1, 0.15) is 25.8 Å². The zero-order valence-electron chi connectivity index (χ0n) is 13.5. The van der Waals surface area contributed by atoms with E-state index in [1.807, 2.05) is 13.0 Å². The fraction of sp³-hybridized carbons (Fsp3) is 0.312. The molecule has 0 saturated heterocycles. The van der Waals surface area contributed by atoms with Gasteiger partial charge in [0.2, 0.25) is 5.91 Å². The van der Waals surface area contributed by atoms with Gasteiger partial charge in [0.05, 0.1) is 23.1 Å². The van der Waals surface area contributed by atoms with Crippen molar-refractivity contribution in [1.29, 1.82) is 0 Å². The molecule has 24 heavy (non-hydrogen) atoms. The Kier molecular flexibility index (Phi) is 6.44. The summed E-state index contributed by atoms with van der Waals surface area (Å²) in [5.41, 5.74) is 0.762. The molecule has 1 aliphatic heterocycles. The van der Waals surface area contributed by atoms with Gasteiger partial charge in [0.25, 0.3) is 5.91 Å². The van der Waals surface area contributed by atoms with Crippen LogP contribution in [0.3, 0.4) is 0 Å². The summed E-state index contributed by atoms with van der Waals surface area (Å²) in [6, 6.07) is 3.62. The van der Waals surface area contributed by atoms with E-state index in [1.54, 1.807) is 19.3 Å². The van der Waals surface area contributed by atoms with E-state index < -0.39 is 0 Å². The number of amidine groups is 1. The summed E-state index contributed by atoms with van der Waals surface area (Å²) in [6.07, 6.45) is 2.58. The van der Waals surface area contributed by atoms with Crippen LogP contribution in [0.15, 0.2) is 26.5 Å². The summed E-state index contributed by atoms with van der Waals surface area (Å²) in [5.74, 6) is 0.549. The van der Waals surface area contributed by atoms with Crippen molar-refractivity contribution in [2.45, 2.75) is 20.3 Å². The smallest absolute Gasteiger partial charge is 0.286 e. The first-order valence-electron chi connectivity index (χ1n) is 7.25. The van der Waals surface area contributed by atoms with Crippen LogP contribution in [0.2, 0.25) is 0 Å². The second-order valence-electron chi connectivity index (χ2n) is 4.90. The maximum absolute atomic E-state index is 11.9. The van der Waals surface area contributed by atoms with Crippen molar-refractivity contribution in [2.75, 3.05) is 13.7 Å². The number of ether oxygens (including phenoxy) is 2. The molecule has 0 spiro atoms. The van der Waals surface area contributed by atoms with Gasteiger partial charge in [-0.15, -0.1) is 0 Å². The van der Waals surface area contributed by atoms with Crippen molar-refractivity contribution >= 4 is 50.7 Å². The molecule has 2 amide bonds. The van der Waals surface area contributed by atoms with Crippen LogP contribution in [0.4, 0.5) is 0 Å². The second kappa shape index (κ2) is 8.34. The minimum Gasteiger partial charge on any atom is -0.493 e. The monoisotopic (exact) mass is 412 g/mol. The van der Waals surface area contributed by atoms with E-state index in [0.29, 0.717) is 23.0 Å². The lowest BCUT2D eigenvalue weighted by Crippen LogP contribution is -2.23. The van der Waals surface area contributed by atoms with Gasteiger partial charge in [-0.05, 0) is 57.9 Å².